The van der Waals surface area contributed by atoms with E-state index in [9.17, 15) is 0 Å². The zero-order valence-electron chi connectivity index (χ0n) is 10.8. The average molecular weight is 241 g/mol. The molecule has 4 N–H and O–H groups in total. The fraction of sp³-hybridized carbons (Fsp3) is 0.200. The Morgan fingerprint density at radius 3 is 2.33 bits per heavy atom. The summed E-state index contributed by atoms with van der Waals surface area (Å²) in [6.07, 6.45) is 0. The summed E-state index contributed by atoms with van der Waals surface area (Å²) in [5.41, 5.74) is 11.0. The first-order valence-corrected chi connectivity index (χ1v) is 6.16. The number of rotatable bonds is 4. The van der Waals surface area contributed by atoms with Crippen LogP contribution in [0.3, 0.4) is 0 Å². The van der Waals surface area contributed by atoms with Gasteiger partial charge >= 0.3 is 0 Å². The summed E-state index contributed by atoms with van der Waals surface area (Å²) in [4.78, 5) is 0. The van der Waals surface area contributed by atoms with E-state index in [2.05, 4.69) is 36.6 Å². The lowest BCUT2D eigenvalue weighted by Gasteiger charge is -2.14. The van der Waals surface area contributed by atoms with Crippen molar-refractivity contribution in [3.8, 4) is 0 Å². The van der Waals surface area contributed by atoms with Gasteiger partial charge in [0.2, 0.25) is 0 Å². The van der Waals surface area contributed by atoms with Crippen molar-refractivity contribution in [3.05, 3.63) is 48.0 Å². The molecule has 0 aromatic heterocycles. The number of anilines is 4. The van der Waals surface area contributed by atoms with Gasteiger partial charge in [0.1, 0.15) is 0 Å². The summed E-state index contributed by atoms with van der Waals surface area (Å²) in [5.74, 6) is 0. The number of nitrogens with one attached hydrogen (secondary N) is 2. The van der Waals surface area contributed by atoms with Crippen LogP contribution in [0.25, 0.3) is 0 Å². The summed E-state index contributed by atoms with van der Waals surface area (Å²) in [7, 11) is 0. The highest BCUT2D eigenvalue weighted by atomic mass is 14.9. The second-order valence-electron chi connectivity index (χ2n) is 4.26. The lowest BCUT2D eigenvalue weighted by molar-refractivity contribution is 1.20. The van der Waals surface area contributed by atoms with Gasteiger partial charge in [0.15, 0.2) is 0 Å². The standard InChI is InChI=1S/C15H19N3/c1-3-17-14-5-4-6-15(11(14)2)18-13-9-7-12(16)8-10-13/h4-10,17-18H,3,16H2,1-2H3. The predicted octanol–water partition coefficient (Wildman–Crippen LogP) is 3.75. The van der Waals surface area contributed by atoms with Crippen LogP contribution in [0.5, 0.6) is 0 Å². The molecule has 0 heterocycles. The molecule has 0 fully saturated rings. The minimum atomic E-state index is 0.777. The molecular formula is C15H19N3. The van der Waals surface area contributed by atoms with Crippen molar-refractivity contribution in [3.63, 3.8) is 0 Å². The number of nitrogen functional groups attached to an aromatic ring is 1. The molecule has 2 aromatic rings. The second kappa shape index (κ2) is 5.45. The molecule has 3 heteroatoms. The Labute approximate surface area is 108 Å². The van der Waals surface area contributed by atoms with Crippen molar-refractivity contribution in [2.75, 3.05) is 22.9 Å². The van der Waals surface area contributed by atoms with Crippen molar-refractivity contribution in [1.82, 2.24) is 0 Å². The molecule has 0 aliphatic rings. The summed E-state index contributed by atoms with van der Waals surface area (Å²) in [5, 5.41) is 6.75. The highest BCUT2D eigenvalue weighted by Crippen LogP contribution is 2.26. The van der Waals surface area contributed by atoms with Gasteiger partial charge in [-0.2, -0.15) is 0 Å². The molecule has 0 radical (unpaired) electrons. The van der Waals surface area contributed by atoms with E-state index >= 15 is 0 Å². The second-order valence-corrected chi connectivity index (χ2v) is 4.26. The summed E-state index contributed by atoms with van der Waals surface area (Å²) in [6, 6.07) is 14.0. The molecule has 0 atom stereocenters. The van der Waals surface area contributed by atoms with Gasteiger partial charge in [0, 0.05) is 29.3 Å². The summed E-state index contributed by atoms with van der Waals surface area (Å²) < 4.78 is 0. The molecule has 2 rings (SSSR count). The first kappa shape index (κ1) is 12.3. The lowest BCUT2D eigenvalue weighted by atomic mass is 10.1. The van der Waals surface area contributed by atoms with E-state index in [-0.39, 0.29) is 0 Å². The monoisotopic (exact) mass is 241 g/mol. The Morgan fingerprint density at radius 1 is 1.00 bits per heavy atom. The van der Waals surface area contributed by atoms with Gasteiger partial charge in [-0.3, -0.25) is 0 Å². The van der Waals surface area contributed by atoms with Crippen LogP contribution < -0.4 is 16.4 Å². The predicted molar refractivity (Wildman–Crippen MR) is 79.5 cm³/mol. The topological polar surface area (TPSA) is 50.1 Å². The zero-order valence-corrected chi connectivity index (χ0v) is 10.8. The Morgan fingerprint density at radius 2 is 1.67 bits per heavy atom. The Hall–Kier alpha value is -2.16. The quantitative estimate of drug-likeness (QED) is 0.714. The van der Waals surface area contributed by atoms with Crippen LogP contribution in [0, 0.1) is 6.92 Å². The van der Waals surface area contributed by atoms with E-state index in [0.717, 1.165) is 29.3 Å². The largest absolute Gasteiger partial charge is 0.399 e. The van der Waals surface area contributed by atoms with Crippen LogP contribution in [0.15, 0.2) is 42.5 Å². The van der Waals surface area contributed by atoms with E-state index in [0.29, 0.717) is 0 Å². The highest BCUT2D eigenvalue weighted by Gasteiger charge is 2.03. The van der Waals surface area contributed by atoms with Gasteiger partial charge in [-0.15, -0.1) is 0 Å². The molecule has 2 aromatic carbocycles. The van der Waals surface area contributed by atoms with E-state index in [1.807, 2.05) is 30.3 Å². The maximum atomic E-state index is 5.68. The number of nitrogens with two attached hydrogens (primary N) is 1. The molecule has 0 saturated carbocycles. The fourth-order valence-electron chi connectivity index (χ4n) is 1.87. The highest BCUT2D eigenvalue weighted by molar-refractivity contribution is 5.70. The molecule has 18 heavy (non-hydrogen) atoms. The van der Waals surface area contributed by atoms with E-state index in [4.69, 9.17) is 5.73 Å². The molecule has 0 unspecified atom stereocenters. The van der Waals surface area contributed by atoms with Crippen LogP contribution >= 0.6 is 0 Å². The van der Waals surface area contributed by atoms with Crippen molar-refractivity contribution >= 4 is 22.7 Å². The Kier molecular flexibility index (Phi) is 3.72. The molecule has 3 nitrogen and oxygen atoms in total. The first-order chi connectivity index (χ1) is 8.70. The van der Waals surface area contributed by atoms with Gasteiger partial charge in [-0.25, -0.2) is 0 Å². The zero-order chi connectivity index (χ0) is 13.0. The van der Waals surface area contributed by atoms with E-state index in [1.165, 1.54) is 5.56 Å². The van der Waals surface area contributed by atoms with Crippen molar-refractivity contribution in [2.24, 2.45) is 0 Å². The first-order valence-electron chi connectivity index (χ1n) is 6.16. The van der Waals surface area contributed by atoms with Crippen LogP contribution in [0.4, 0.5) is 22.7 Å². The van der Waals surface area contributed by atoms with E-state index < -0.39 is 0 Å². The molecule has 0 spiro atoms. The van der Waals surface area contributed by atoms with Gasteiger partial charge < -0.3 is 16.4 Å². The fourth-order valence-corrected chi connectivity index (χ4v) is 1.87. The molecular weight excluding hydrogens is 222 g/mol. The van der Waals surface area contributed by atoms with Crippen molar-refractivity contribution in [2.45, 2.75) is 13.8 Å². The molecule has 0 bridgehead atoms. The Bertz CT molecular complexity index is 518. The van der Waals surface area contributed by atoms with Gasteiger partial charge in [-0.1, -0.05) is 6.07 Å². The maximum Gasteiger partial charge on any atom is 0.0434 e. The van der Waals surface area contributed by atoms with Crippen LogP contribution in [-0.2, 0) is 0 Å². The van der Waals surface area contributed by atoms with Crippen LogP contribution in [-0.4, -0.2) is 6.54 Å². The minimum absolute atomic E-state index is 0.777. The molecule has 0 aliphatic heterocycles. The average Bonchev–Trinajstić information content (AvgIpc) is 2.37. The smallest absolute Gasteiger partial charge is 0.0434 e. The third-order valence-electron chi connectivity index (χ3n) is 2.89. The number of hydrogen-bond acceptors (Lipinski definition) is 3. The lowest BCUT2D eigenvalue weighted by Crippen LogP contribution is -2.01. The number of benzene rings is 2. The van der Waals surface area contributed by atoms with E-state index in [1.54, 1.807) is 0 Å². The van der Waals surface area contributed by atoms with Crippen LogP contribution in [0.2, 0.25) is 0 Å². The van der Waals surface area contributed by atoms with Gasteiger partial charge in [0.25, 0.3) is 0 Å². The summed E-state index contributed by atoms with van der Waals surface area (Å²) >= 11 is 0. The normalized spacial score (nSPS) is 10.1. The molecule has 94 valence electrons. The molecule has 0 aliphatic carbocycles. The van der Waals surface area contributed by atoms with Crippen molar-refractivity contribution < 1.29 is 0 Å². The molecule has 0 saturated heterocycles. The SMILES string of the molecule is CCNc1cccc(Nc2ccc(N)cc2)c1C. The Balaban J connectivity index is 2.23. The van der Waals surface area contributed by atoms with Gasteiger partial charge in [0.05, 0.1) is 0 Å². The maximum absolute atomic E-state index is 5.68. The minimum Gasteiger partial charge on any atom is -0.399 e. The number of hydrogen-bond donors (Lipinski definition) is 3. The molecule has 0 amide bonds. The van der Waals surface area contributed by atoms with Crippen molar-refractivity contribution in [1.29, 1.82) is 0 Å². The van der Waals surface area contributed by atoms with Gasteiger partial charge in [-0.05, 0) is 55.8 Å². The third-order valence-corrected chi connectivity index (χ3v) is 2.89. The third kappa shape index (κ3) is 2.74. The van der Waals surface area contributed by atoms with Crippen LogP contribution in [0.1, 0.15) is 12.5 Å². The summed E-state index contributed by atoms with van der Waals surface area (Å²) in [6.45, 7) is 5.13.